The lowest BCUT2D eigenvalue weighted by molar-refractivity contribution is -0.155. The van der Waals surface area contributed by atoms with Gasteiger partial charge >= 0.3 is 17.9 Å². The molecule has 2 heterocycles. The van der Waals surface area contributed by atoms with E-state index in [0.717, 1.165) is 38.5 Å². The van der Waals surface area contributed by atoms with E-state index in [1.54, 1.807) is 0 Å². The van der Waals surface area contributed by atoms with Crippen molar-refractivity contribution in [3.8, 4) is 12.3 Å². The van der Waals surface area contributed by atoms with Crippen molar-refractivity contribution in [3.05, 3.63) is 24.3 Å². The molecule has 0 radical (unpaired) electrons. The third-order valence-electron chi connectivity index (χ3n) is 9.51. The van der Waals surface area contributed by atoms with Gasteiger partial charge in [0.25, 0.3) is 0 Å². The van der Waals surface area contributed by atoms with Crippen molar-refractivity contribution in [1.82, 2.24) is 9.80 Å². The molecule has 42 heavy (non-hydrogen) atoms. The van der Waals surface area contributed by atoms with Crippen LogP contribution in [0.15, 0.2) is 24.3 Å². The number of allylic oxidation sites excluding steroid dienone is 4. The molecular weight excluding hydrogens is 560 g/mol. The molecule has 2 saturated heterocycles. The number of carboxylic acids is 1. The van der Waals surface area contributed by atoms with Crippen molar-refractivity contribution in [2.45, 2.75) is 51.4 Å². The molecule has 0 aromatic heterocycles. The molecule has 4 aliphatic carbocycles. The van der Waals surface area contributed by atoms with Crippen LogP contribution in [0.3, 0.4) is 0 Å². The number of likely N-dealkylation sites (tertiary alicyclic amines) is 1. The largest absolute Gasteiger partial charge is 0.481 e. The number of terminal acetylenes is 1. The molecule has 11 heteroatoms. The average Bonchev–Trinajstić information content (AvgIpc) is 3.79. The Balaban J connectivity index is 0.000000257. The Morgan fingerprint density at radius 1 is 0.833 bits per heavy atom. The lowest BCUT2D eigenvalue weighted by atomic mass is 9.85. The number of amides is 3. The number of hydrogen-bond donors (Lipinski definition) is 1. The van der Waals surface area contributed by atoms with Crippen LogP contribution in [0.4, 0.5) is 0 Å². The number of carbonyl (C=O) groups excluding carboxylic acids is 5. The predicted molar refractivity (Wildman–Crippen MR) is 154 cm³/mol. The number of fused-ring (bicyclic) bond motifs is 10. The fraction of sp³-hybridized carbons (Fsp3) is 0.613. The summed E-state index contributed by atoms with van der Waals surface area (Å²) in [4.78, 5) is 73.2. The summed E-state index contributed by atoms with van der Waals surface area (Å²) in [6.07, 6.45) is 18.5. The Hall–Kier alpha value is -3.39. The van der Waals surface area contributed by atoms with E-state index in [4.69, 9.17) is 11.5 Å². The summed E-state index contributed by atoms with van der Waals surface area (Å²) in [5.74, 6) is 1.07. The van der Waals surface area contributed by atoms with Crippen molar-refractivity contribution < 1.29 is 38.6 Å². The van der Waals surface area contributed by atoms with Crippen LogP contribution in [0.1, 0.15) is 51.4 Å². The maximum atomic E-state index is 12.6. The summed E-state index contributed by atoms with van der Waals surface area (Å²) in [7, 11) is 0. The highest BCUT2D eigenvalue weighted by molar-refractivity contribution is 7.59. The Kier molecular flexibility index (Phi) is 9.97. The van der Waals surface area contributed by atoms with Crippen LogP contribution in [-0.2, 0) is 33.5 Å². The van der Waals surface area contributed by atoms with Gasteiger partial charge in [0, 0.05) is 19.5 Å². The SMILES string of the molecule is C#CCN(CCCCCCN1C(=O)C2[C@@H](C1=O)[C@@H]1C=C[C@H]2C1)C(=O)CCC(=O)O.O=C1OC(=O)[C@H]2C1[C@H]1C=C[C@@H]2C1.S. The van der Waals surface area contributed by atoms with E-state index in [1.165, 1.54) is 9.80 Å². The van der Waals surface area contributed by atoms with Gasteiger partial charge in [-0.3, -0.25) is 33.7 Å². The molecule has 1 N–H and O–H groups in total. The molecule has 8 atom stereocenters. The van der Waals surface area contributed by atoms with Gasteiger partial charge < -0.3 is 14.7 Å². The monoisotopic (exact) mass is 598 g/mol. The minimum absolute atomic E-state index is 0. The van der Waals surface area contributed by atoms with Crippen LogP contribution in [-0.4, -0.2) is 70.2 Å². The molecule has 0 spiro atoms. The van der Waals surface area contributed by atoms with Crippen molar-refractivity contribution in [2.75, 3.05) is 19.6 Å². The summed E-state index contributed by atoms with van der Waals surface area (Å²) >= 11 is 0. The highest BCUT2D eigenvalue weighted by Gasteiger charge is 2.59. The topological polar surface area (TPSA) is 138 Å². The van der Waals surface area contributed by atoms with Crippen molar-refractivity contribution in [2.24, 2.45) is 47.3 Å². The van der Waals surface area contributed by atoms with E-state index >= 15 is 0 Å². The third-order valence-corrected chi connectivity index (χ3v) is 9.51. The first-order valence-corrected chi connectivity index (χ1v) is 14.6. The number of carbonyl (C=O) groups is 6. The molecule has 0 aromatic carbocycles. The highest BCUT2D eigenvalue weighted by Crippen LogP contribution is 2.53. The van der Waals surface area contributed by atoms with Crippen LogP contribution in [0, 0.1) is 59.7 Å². The zero-order valence-corrected chi connectivity index (χ0v) is 24.5. The number of hydrogen-bond acceptors (Lipinski definition) is 7. The van der Waals surface area contributed by atoms with Gasteiger partial charge in [0.2, 0.25) is 17.7 Å². The van der Waals surface area contributed by atoms with Gasteiger partial charge in [0.05, 0.1) is 36.6 Å². The highest BCUT2D eigenvalue weighted by atomic mass is 32.1. The summed E-state index contributed by atoms with van der Waals surface area (Å²) < 4.78 is 4.59. The van der Waals surface area contributed by atoms with E-state index in [-0.39, 0.29) is 110 Å². The standard InChI is InChI=1S/C22H28N2O5.C9H8O3.H2S/c1-2-11-23(17(25)9-10-18(26)27)12-5-3-4-6-13-24-21(28)19-15-7-8-16(14-15)20(19)22(24)29;10-8-6-4-1-2-5(3-4)7(6)9(11)12-8;/h1,7-8,15-16,19-20H,3-6,9-14H2,(H,26,27);1-2,4-7H,3H2;1H2/t15-,16+,19+,20?;4-,5+,6-,7?;/m11./s1. The Morgan fingerprint density at radius 2 is 1.33 bits per heavy atom. The molecule has 3 amide bonds. The molecule has 4 fully saturated rings. The molecule has 2 unspecified atom stereocenters. The number of esters is 2. The smallest absolute Gasteiger partial charge is 0.318 e. The van der Waals surface area contributed by atoms with E-state index in [2.05, 4.69) is 22.8 Å². The Bertz CT molecular complexity index is 1180. The van der Waals surface area contributed by atoms with E-state index in [9.17, 15) is 28.8 Å². The van der Waals surface area contributed by atoms with Crippen molar-refractivity contribution in [3.63, 3.8) is 0 Å². The maximum Gasteiger partial charge on any atom is 0.318 e. The molecular formula is C31H38N2O8S. The number of nitrogens with zero attached hydrogens (tertiary/aromatic N) is 2. The van der Waals surface area contributed by atoms with E-state index < -0.39 is 5.97 Å². The van der Waals surface area contributed by atoms with Crippen LogP contribution in [0.5, 0.6) is 0 Å². The maximum absolute atomic E-state index is 12.6. The first kappa shape index (κ1) is 31.5. The summed E-state index contributed by atoms with van der Waals surface area (Å²) in [5, 5.41) is 8.69. The second-order valence-electron chi connectivity index (χ2n) is 11.9. The van der Waals surface area contributed by atoms with Gasteiger partial charge in [-0.1, -0.05) is 43.1 Å². The summed E-state index contributed by atoms with van der Waals surface area (Å²) in [6, 6.07) is 0. The minimum atomic E-state index is -1.00. The first-order valence-electron chi connectivity index (χ1n) is 14.6. The molecule has 6 aliphatic rings. The molecule has 6 rings (SSSR count). The van der Waals surface area contributed by atoms with E-state index in [0.29, 0.717) is 13.1 Å². The zero-order chi connectivity index (χ0) is 29.3. The van der Waals surface area contributed by atoms with Gasteiger partial charge in [0.1, 0.15) is 0 Å². The lowest BCUT2D eigenvalue weighted by Crippen LogP contribution is -2.34. The van der Waals surface area contributed by atoms with Gasteiger partial charge in [-0.25, -0.2) is 0 Å². The first-order chi connectivity index (χ1) is 19.7. The third kappa shape index (κ3) is 6.05. The fourth-order valence-electron chi connectivity index (χ4n) is 7.58. The van der Waals surface area contributed by atoms with Gasteiger partial charge in [-0.05, 0) is 49.4 Å². The van der Waals surface area contributed by atoms with Crippen LogP contribution in [0.25, 0.3) is 0 Å². The molecule has 4 bridgehead atoms. The second kappa shape index (κ2) is 13.3. The van der Waals surface area contributed by atoms with Crippen LogP contribution in [0.2, 0.25) is 0 Å². The normalized spacial score (nSPS) is 32.2. The summed E-state index contributed by atoms with van der Waals surface area (Å²) in [5.41, 5.74) is 0. The quantitative estimate of drug-likeness (QED) is 0.0955. The molecule has 10 nitrogen and oxygen atoms in total. The van der Waals surface area contributed by atoms with Crippen molar-refractivity contribution >= 4 is 49.1 Å². The summed E-state index contributed by atoms with van der Waals surface area (Å²) in [6.45, 7) is 1.13. The number of imide groups is 1. The number of aliphatic carboxylic acids is 1. The van der Waals surface area contributed by atoms with Gasteiger partial charge in [-0.2, -0.15) is 13.5 Å². The number of unbranched alkanes of at least 4 members (excludes halogenated alkanes) is 3. The Morgan fingerprint density at radius 3 is 1.83 bits per heavy atom. The Labute approximate surface area is 252 Å². The number of cyclic esters (lactones) is 2. The predicted octanol–water partition coefficient (Wildman–Crippen LogP) is 2.30. The molecule has 226 valence electrons. The van der Waals surface area contributed by atoms with Gasteiger partial charge in [-0.15, -0.1) is 6.42 Å². The lowest BCUT2D eigenvalue weighted by Gasteiger charge is -2.20. The zero-order valence-electron chi connectivity index (χ0n) is 23.5. The van der Waals surface area contributed by atoms with Gasteiger partial charge in [0.15, 0.2) is 0 Å². The molecule has 2 saturated carbocycles. The van der Waals surface area contributed by atoms with Crippen molar-refractivity contribution in [1.29, 1.82) is 0 Å². The number of carboxylic acid groups (broad SMARTS) is 1. The van der Waals surface area contributed by atoms with E-state index in [1.807, 2.05) is 12.2 Å². The van der Waals surface area contributed by atoms with Crippen LogP contribution < -0.4 is 0 Å². The minimum Gasteiger partial charge on any atom is -0.481 e. The fourth-order valence-corrected chi connectivity index (χ4v) is 7.58. The second-order valence-corrected chi connectivity index (χ2v) is 11.9. The number of rotatable bonds is 11. The average molecular weight is 599 g/mol. The molecule has 0 aromatic rings. The van der Waals surface area contributed by atoms with Crippen LogP contribution >= 0.6 is 13.5 Å². The number of ether oxygens (including phenoxy) is 1. The molecule has 2 aliphatic heterocycles.